The smallest absolute Gasteiger partial charge is 0.309 e. The summed E-state index contributed by atoms with van der Waals surface area (Å²) >= 11 is 5.98. The van der Waals surface area contributed by atoms with Crippen molar-refractivity contribution in [3.05, 3.63) is 82.1 Å². The fourth-order valence-corrected chi connectivity index (χ4v) is 3.42. The Morgan fingerprint density at radius 2 is 1.50 bits per heavy atom. The average molecular weight is 473 g/mol. The van der Waals surface area contributed by atoms with Crippen LogP contribution in [0.5, 0.6) is 0 Å². The maximum Gasteiger partial charge on any atom is 0.416 e. The first-order chi connectivity index (χ1) is 14.8. The highest BCUT2D eigenvalue weighted by Crippen LogP contribution is 2.38. The number of carbonyl (C=O) groups is 1. The lowest BCUT2D eigenvalue weighted by atomic mass is 9.99. The third-order valence-corrected chi connectivity index (χ3v) is 5.01. The van der Waals surface area contributed by atoms with Crippen LogP contribution in [0.2, 0.25) is 5.02 Å². The highest BCUT2D eigenvalue weighted by Gasteiger charge is 2.38. The van der Waals surface area contributed by atoms with Crippen LogP contribution in [-0.2, 0) is 12.4 Å². The molecule has 2 aromatic carbocycles. The van der Waals surface area contributed by atoms with Gasteiger partial charge in [0.05, 0.1) is 23.0 Å². The second-order valence-corrected chi connectivity index (χ2v) is 7.45. The zero-order valence-corrected chi connectivity index (χ0v) is 17.4. The van der Waals surface area contributed by atoms with E-state index in [0.717, 1.165) is 10.5 Å². The Labute approximate surface area is 184 Å². The Hall–Kier alpha value is -3.07. The molecule has 0 atom stereocenters. The number of benzene rings is 2. The second-order valence-electron chi connectivity index (χ2n) is 7.01. The predicted octanol–water partition coefficient (Wildman–Crippen LogP) is 7.02. The van der Waals surface area contributed by atoms with Crippen molar-refractivity contribution in [3.8, 4) is 11.1 Å². The van der Waals surface area contributed by atoms with Gasteiger partial charge >= 0.3 is 12.4 Å². The quantitative estimate of drug-likeness (QED) is 0.384. The molecule has 1 aromatic heterocycles. The number of hydrogen-bond acceptors (Lipinski definition) is 2. The number of halogens is 7. The molecule has 168 valence electrons. The van der Waals surface area contributed by atoms with Crippen LogP contribution in [-0.4, -0.2) is 17.9 Å². The first-order valence-corrected chi connectivity index (χ1v) is 9.45. The molecule has 0 saturated carbocycles. The van der Waals surface area contributed by atoms with Crippen LogP contribution in [0.4, 0.5) is 32.0 Å². The third-order valence-electron chi connectivity index (χ3n) is 4.78. The standard InChI is InChI=1S/C22H15ClF6N2O/c1-12-7-16(23)3-4-17(12)18-5-6-30-11-19(18)31(2)20(32)13-8-14(21(24,25)26)10-15(9-13)22(27,28)29/h3-11H,1-2H3. The van der Waals surface area contributed by atoms with Gasteiger partial charge in [-0.25, -0.2) is 0 Å². The van der Waals surface area contributed by atoms with Crippen molar-refractivity contribution in [1.29, 1.82) is 0 Å². The van der Waals surface area contributed by atoms with Crippen molar-refractivity contribution < 1.29 is 31.1 Å². The molecule has 0 aliphatic carbocycles. The maximum atomic E-state index is 13.2. The number of carbonyl (C=O) groups excluding carboxylic acids is 1. The molecular weight excluding hydrogens is 458 g/mol. The largest absolute Gasteiger partial charge is 0.416 e. The van der Waals surface area contributed by atoms with E-state index >= 15 is 0 Å². The molecular formula is C22H15ClF6N2O. The summed E-state index contributed by atoms with van der Waals surface area (Å²) in [5.41, 5.74) is -1.75. The minimum atomic E-state index is -5.06. The van der Waals surface area contributed by atoms with Crippen molar-refractivity contribution in [3.63, 3.8) is 0 Å². The zero-order valence-electron chi connectivity index (χ0n) is 16.6. The van der Waals surface area contributed by atoms with Gasteiger partial charge in [0.15, 0.2) is 0 Å². The molecule has 32 heavy (non-hydrogen) atoms. The number of rotatable bonds is 3. The number of alkyl halides is 6. The number of nitrogens with zero attached hydrogens (tertiary/aromatic N) is 2. The highest BCUT2D eigenvalue weighted by molar-refractivity contribution is 6.30. The molecule has 1 heterocycles. The topological polar surface area (TPSA) is 33.2 Å². The summed E-state index contributed by atoms with van der Waals surface area (Å²) in [5.74, 6) is -1.05. The van der Waals surface area contributed by atoms with Crippen LogP contribution in [0.1, 0.15) is 27.0 Å². The van der Waals surface area contributed by atoms with Gasteiger partial charge in [-0.2, -0.15) is 26.3 Å². The van der Waals surface area contributed by atoms with E-state index in [0.29, 0.717) is 28.3 Å². The van der Waals surface area contributed by atoms with E-state index in [9.17, 15) is 31.1 Å². The van der Waals surface area contributed by atoms with Crippen LogP contribution in [0.25, 0.3) is 11.1 Å². The van der Waals surface area contributed by atoms with Crippen LogP contribution in [0, 0.1) is 6.92 Å². The van der Waals surface area contributed by atoms with E-state index in [1.165, 1.54) is 19.4 Å². The van der Waals surface area contributed by atoms with Crippen LogP contribution in [0.15, 0.2) is 54.9 Å². The summed E-state index contributed by atoms with van der Waals surface area (Å²) in [5, 5.41) is 0.481. The van der Waals surface area contributed by atoms with Crippen molar-refractivity contribution in [2.75, 3.05) is 11.9 Å². The Kier molecular flexibility index (Phi) is 6.24. The summed E-state index contributed by atoms with van der Waals surface area (Å²) in [6.07, 6.45) is -7.36. The van der Waals surface area contributed by atoms with Crippen molar-refractivity contribution >= 4 is 23.2 Å². The Morgan fingerprint density at radius 1 is 0.906 bits per heavy atom. The monoisotopic (exact) mass is 472 g/mol. The van der Waals surface area contributed by atoms with Gasteiger partial charge in [0.1, 0.15) is 0 Å². The number of aromatic nitrogens is 1. The first kappa shape index (κ1) is 23.6. The molecule has 0 aliphatic rings. The molecule has 0 saturated heterocycles. The number of hydrogen-bond donors (Lipinski definition) is 0. The molecule has 10 heteroatoms. The number of amides is 1. The Bertz CT molecular complexity index is 1140. The Morgan fingerprint density at radius 3 is 2.03 bits per heavy atom. The van der Waals surface area contributed by atoms with Crippen molar-refractivity contribution in [1.82, 2.24) is 4.98 Å². The SMILES string of the molecule is Cc1cc(Cl)ccc1-c1ccncc1N(C)C(=O)c1cc(C(F)(F)F)cc(C(F)(F)F)c1. The van der Waals surface area contributed by atoms with Gasteiger partial charge in [-0.3, -0.25) is 9.78 Å². The van der Waals surface area contributed by atoms with Crippen LogP contribution in [0.3, 0.4) is 0 Å². The minimum Gasteiger partial charge on any atom is -0.309 e. The van der Waals surface area contributed by atoms with Gasteiger partial charge in [0.2, 0.25) is 0 Å². The molecule has 0 N–H and O–H groups in total. The third kappa shape index (κ3) is 4.88. The highest BCUT2D eigenvalue weighted by atomic mass is 35.5. The van der Waals surface area contributed by atoms with Gasteiger partial charge in [-0.05, 0) is 54.4 Å². The summed E-state index contributed by atoms with van der Waals surface area (Å²) < 4.78 is 79.0. The van der Waals surface area contributed by atoms with E-state index in [2.05, 4.69) is 4.98 Å². The molecule has 0 bridgehead atoms. The molecule has 0 unspecified atom stereocenters. The summed E-state index contributed by atoms with van der Waals surface area (Å²) in [6.45, 7) is 1.77. The van der Waals surface area contributed by atoms with Crippen LogP contribution >= 0.6 is 11.6 Å². The summed E-state index contributed by atoms with van der Waals surface area (Å²) in [6, 6.07) is 7.37. The van der Waals surface area contributed by atoms with Crippen LogP contribution < -0.4 is 4.90 Å². The van der Waals surface area contributed by atoms with E-state index in [-0.39, 0.29) is 11.8 Å². The van der Waals surface area contributed by atoms with Gasteiger partial charge in [0.25, 0.3) is 5.91 Å². The Balaban J connectivity index is 2.11. The van der Waals surface area contributed by atoms with Gasteiger partial charge in [-0.15, -0.1) is 0 Å². The number of anilines is 1. The van der Waals surface area contributed by atoms with E-state index in [4.69, 9.17) is 11.6 Å². The first-order valence-electron chi connectivity index (χ1n) is 9.07. The van der Waals surface area contributed by atoms with E-state index in [1.807, 2.05) is 0 Å². The summed E-state index contributed by atoms with van der Waals surface area (Å²) in [4.78, 5) is 17.9. The van der Waals surface area contributed by atoms with Crippen molar-refractivity contribution in [2.24, 2.45) is 0 Å². The molecule has 1 amide bonds. The number of pyridine rings is 1. The van der Waals surface area contributed by atoms with E-state index in [1.54, 1.807) is 31.2 Å². The number of aryl methyl sites for hydroxylation is 1. The summed E-state index contributed by atoms with van der Waals surface area (Å²) in [7, 11) is 1.25. The van der Waals surface area contributed by atoms with Crippen molar-refractivity contribution in [2.45, 2.75) is 19.3 Å². The lowest BCUT2D eigenvalue weighted by Crippen LogP contribution is -2.28. The zero-order chi connectivity index (χ0) is 23.8. The van der Waals surface area contributed by atoms with Gasteiger partial charge in [-0.1, -0.05) is 17.7 Å². The lowest BCUT2D eigenvalue weighted by Gasteiger charge is -2.22. The molecule has 3 nitrogen and oxygen atoms in total. The molecule has 0 aliphatic heterocycles. The van der Waals surface area contributed by atoms with Gasteiger partial charge in [0, 0.05) is 29.4 Å². The second kappa shape index (κ2) is 8.46. The molecule has 3 rings (SSSR count). The van der Waals surface area contributed by atoms with Gasteiger partial charge < -0.3 is 4.90 Å². The fourth-order valence-electron chi connectivity index (χ4n) is 3.19. The molecule has 0 spiro atoms. The average Bonchev–Trinajstić information content (AvgIpc) is 2.71. The maximum absolute atomic E-state index is 13.2. The normalized spacial score (nSPS) is 12.0. The van der Waals surface area contributed by atoms with E-state index < -0.39 is 35.0 Å². The lowest BCUT2D eigenvalue weighted by molar-refractivity contribution is -0.143. The molecule has 3 aromatic rings. The molecule has 0 radical (unpaired) electrons. The fraction of sp³-hybridized carbons (Fsp3) is 0.182. The minimum absolute atomic E-state index is 0.0245. The predicted molar refractivity (Wildman–Crippen MR) is 109 cm³/mol. The molecule has 0 fully saturated rings.